The monoisotopic (exact) mass is 277 g/mol. The van der Waals surface area contributed by atoms with Gasteiger partial charge in [-0.3, -0.25) is 4.79 Å². The Morgan fingerprint density at radius 3 is 2.63 bits per heavy atom. The highest BCUT2D eigenvalue weighted by Gasteiger charge is 2.09. The molecule has 4 heteroatoms. The lowest BCUT2D eigenvalue weighted by atomic mass is 10.1. The molecule has 0 aliphatic heterocycles. The van der Waals surface area contributed by atoms with Crippen LogP contribution in [-0.4, -0.2) is 5.78 Å². The van der Waals surface area contributed by atoms with Crippen molar-refractivity contribution in [1.29, 1.82) is 0 Å². The third-order valence-electron chi connectivity index (χ3n) is 2.91. The minimum absolute atomic E-state index is 0.106. The molecule has 0 spiro atoms. The van der Waals surface area contributed by atoms with Crippen molar-refractivity contribution < 1.29 is 9.18 Å². The maximum absolute atomic E-state index is 13.7. The van der Waals surface area contributed by atoms with Gasteiger partial charge in [-0.2, -0.15) is 0 Å². The van der Waals surface area contributed by atoms with Crippen LogP contribution in [0.1, 0.15) is 22.8 Å². The third kappa shape index (κ3) is 2.93. The van der Waals surface area contributed by atoms with E-state index in [0.717, 1.165) is 5.56 Å². The fraction of sp³-hybridized carbons (Fsp3) is 0.133. The van der Waals surface area contributed by atoms with Gasteiger partial charge in [-0.1, -0.05) is 17.7 Å². The Morgan fingerprint density at radius 2 is 1.95 bits per heavy atom. The molecule has 2 aromatic carbocycles. The summed E-state index contributed by atoms with van der Waals surface area (Å²) in [7, 11) is 0. The number of halogens is 2. The number of rotatable bonds is 3. The second kappa shape index (κ2) is 5.41. The zero-order valence-corrected chi connectivity index (χ0v) is 11.4. The van der Waals surface area contributed by atoms with E-state index in [-0.39, 0.29) is 11.5 Å². The van der Waals surface area contributed by atoms with Gasteiger partial charge < -0.3 is 5.32 Å². The van der Waals surface area contributed by atoms with Crippen molar-refractivity contribution >= 4 is 28.8 Å². The van der Waals surface area contributed by atoms with E-state index in [4.69, 9.17) is 11.6 Å². The predicted molar refractivity (Wildman–Crippen MR) is 75.9 cm³/mol. The van der Waals surface area contributed by atoms with Crippen molar-refractivity contribution in [2.24, 2.45) is 0 Å². The van der Waals surface area contributed by atoms with Gasteiger partial charge in [0, 0.05) is 16.3 Å². The molecule has 2 rings (SSSR count). The molecular weight excluding hydrogens is 265 g/mol. The molecule has 0 saturated carbocycles. The summed E-state index contributed by atoms with van der Waals surface area (Å²) in [6.07, 6.45) is 0. The van der Waals surface area contributed by atoms with E-state index in [9.17, 15) is 9.18 Å². The van der Waals surface area contributed by atoms with Gasteiger partial charge in [-0.15, -0.1) is 0 Å². The number of hydrogen-bond acceptors (Lipinski definition) is 2. The number of hydrogen-bond donors (Lipinski definition) is 1. The Bertz CT molecular complexity index is 640. The van der Waals surface area contributed by atoms with Gasteiger partial charge in [0.2, 0.25) is 0 Å². The molecule has 0 radical (unpaired) electrons. The molecule has 0 aliphatic rings. The van der Waals surface area contributed by atoms with Crippen LogP contribution in [0.4, 0.5) is 15.8 Å². The summed E-state index contributed by atoms with van der Waals surface area (Å²) in [5.41, 5.74) is 2.27. The molecule has 2 nitrogen and oxygen atoms in total. The quantitative estimate of drug-likeness (QED) is 0.822. The summed E-state index contributed by atoms with van der Waals surface area (Å²) in [5, 5.41) is 3.57. The second-order valence-corrected chi connectivity index (χ2v) is 4.70. The van der Waals surface area contributed by atoms with Gasteiger partial charge in [0.15, 0.2) is 5.78 Å². The van der Waals surface area contributed by atoms with E-state index in [2.05, 4.69) is 5.32 Å². The van der Waals surface area contributed by atoms with Crippen LogP contribution in [0, 0.1) is 12.7 Å². The Kier molecular flexibility index (Phi) is 3.86. The number of nitrogens with one attached hydrogen (secondary N) is 1. The first kappa shape index (κ1) is 13.6. The molecule has 0 amide bonds. The van der Waals surface area contributed by atoms with Crippen molar-refractivity contribution in [2.45, 2.75) is 13.8 Å². The minimum atomic E-state index is -0.413. The molecule has 1 N–H and O–H groups in total. The molecule has 0 fully saturated rings. The Hall–Kier alpha value is -1.87. The van der Waals surface area contributed by atoms with Crippen LogP contribution in [-0.2, 0) is 0 Å². The Morgan fingerprint density at radius 1 is 1.21 bits per heavy atom. The molecule has 2 aromatic rings. The topological polar surface area (TPSA) is 29.1 Å². The first-order valence-electron chi connectivity index (χ1n) is 5.81. The van der Waals surface area contributed by atoms with Crippen LogP contribution in [0.3, 0.4) is 0 Å². The molecule has 0 aliphatic carbocycles. The highest BCUT2D eigenvalue weighted by molar-refractivity contribution is 6.31. The van der Waals surface area contributed by atoms with Crippen molar-refractivity contribution in [3.05, 3.63) is 58.4 Å². The van der Waals surface area contributed by atoms with Crippen LogP contribution < -0.4 is 5.32 Å². The predicted octanol–water partition coefficient (Wildman–Crippen LogP) is 4.73. The van der Waals surface area contributed by atoms with E-state index >= 15 is 0 Å². The summed E-state index contributed by atoms with van der Waals surface area (Å²) in [6.45, 7) is 3.29. The number of benzene rings is 2. The van der Waals surface area contributed by atoms with Crippen LogP contribution in [0.5, 0.6) is 0 Å². The first-order valence-corrected chi connectivity index (χ1v) is 6.19. The largest absolute Gasteiger partial charge is 0.353 e. The van der Waals surface area contributed by atoms with Gasteiger partial charge in [0.25, 0.3) is 0 Å². The van der Waals surface area contributed by atoms with E-state index in [0.29, 0.717) is 16.3 Å². The molecule has 0 atom stereocenters. The number of carbonyl (C=O) groups excluding carboxylic acids is 1. The summed E-state index contributed by atoms with van der Waals surface area (Å²) >= 11 is 6.01. The summed E-state index contributed by atoms with van der Waals surface area (Å²) in [6, 6.07) is 9.60. The fourth-order valence-electron chi connectivity index (χ4n) is 1.73. The lowest BCUT2D eigenvalue weighted by molar-refractivity contribution is 0.101. The highest BCUT2D eigenvalue weighted by atomic mass is 35.5. The summed E-state index contributed by atoms with van der Waals surface area (Å²) in [5.74, 6) is -0.518. The van der Waals surface area contributed by atoms with Crippen molar-refractivity contribution in [3.63, 3.8) is 0 Å². The lowest BCUT2D eigenvalue weighted by Gasteiger charge is -2.12. The Balaban J connectivity index is 2.40. The SMILES string of the molecule is CC(=O)c1ccc(F)c(Nc2cccc(Cl)c2C)c1. The summed E-state index contributed by atoms with van der Waals surface area (Å²) < 4.78 is 13.7. The van der Waals surface area contributed by atoms with Crippen molar-refractivity contribution in [2.75, 3.05) is 5.32 Å². The van der Waals surface area contributed by atoms with Gasteiger partial charge >= 0.3 is 0 Å². The molecule has 0 aromatic heterocycles. The molecule has 98 valence electrons. The maximum atomic E-state index is 13.7. The zero-order chi connectivity index (χ0) is 14.0. The van der Waals surface area contributed by atoms with E-state index in [1.165, 1.54) is 25.1 Å². The van der Waals surface area contributed by atoms with Gasteiger partial charge in [0.1, 0.15) is 5.82 Å². The first-order chi connectivity index (χ1) is 8.99. The fourth-order valence-corrected chi connectivity index (χ4v) is 1.90. The van der Waals surface area contributed by atoms with Crippen LogP contribution in [0.25, 0.3) is 0 Å². The van der Waals surface area contributed by atoms with Crippen molar-refractivity contribution in [1.82, 2.24) is 0 Å². The van der Waals surface area contributed by atoms with Crippen molar-refractivity contribution in [3.8, 4) is 0 Å². The third-order valence-corrected chi connectivity index (χ3v) is 3.32. The zero-order valence-electron chi connectivity index (χ0n) is 10.6. The molecule has 19 heavy (non-hydrogen) atoms. The van der Waals surface area contributed by atoms with Gasteiger partial charge in [-0.05, 0) is 49.7 Å². The normalized spacial score (nSPS) is 10.3. The number of Topliss-reactive ketones (excluding diaryl/α,β-unsaturated/α-hetero) is 1. The van der Waals surface area contributed by atoms with E-state index in [1.54, 1.807) is 18.2 Å². The minimum Gasteiger partial charge on any atom is -0.353 e. The van der Waals surface area contributed by atoms with E-state index < -0.39 is 5.82 Å². The van der Waals surface area contributed by atoms with Crippen LogP contribution in [0.15, 0.2) is 36.4 Å². The average molecular weight is 278 g/mol. The number of ketones is 1. The second-order valence-electron chi connectivity index (χ2n) is 4.29. The van der Waals surface area contributed by atoms with E-state index in [1.807, 2.05) is 6.92 Å². The van der Waals surface area contributed by atoms with Gasteiger partial charge in [-0.25, -0.2) is 4.39 Å². The molecule has 0 unspecified atom stereocenters. The molecular formula is C15H13ClFNO. The lowest BCUT2D eigenvalue weighted by Crippen LogP contribution is -1.99. The standard InChI is InChI=1S/C15H13ClFNO/c1-9-12(16)4-3-5-14(9)18-15-8-11(10(2)19)6-7-13(15)17/h3-8,18H,1-2H3. The summed E-state index contributed by atoms with van der Waals surface area (Å²) in [4.78, 5) is 11.3. The van der Waals surface area contributed by atoms with Crippen LogP contribution in [0.2, 0.25) is 5.02 Å². The molecule has 0 bridgehead atoms. The Labute approximate surface area is 116 Å². The molecule has 0 saturated heterocycles. The highest BCUT2D eigenvalue weighted by Crippen LogP contribution is 2.27. The smallest absolute Gasteiger partial charge is 0.159 e. The maximum Gasteiger partial charge on any atom is 0.159 e. The van der Waals surface area contributed by atoms with Crippen LogP contribution >= 0.6 is 11.6 Å². The number of anilines is 2. The van der Waals surface area contributed by atoms with Gasteiger partial charge in [0.05, 0.1) is 5.69 Å². The average Bonchev–Trinajstić information content (AvgIpc) is 2.37. The number of carbonyl (C=O) groups is 1. The molecule has 0 heterocycles.